The van der Waals surface area contributed by atoms with Crippen molar-refractivity contribution in [3.05, 3.63) is 45.3 Å². The number of benzene rings is 1. The first-order chi connectivity index (χ1) is 13.8. The molecule has 29 heavy (non-hydrogen) atoms. The number of amidine groups is 1. The molecular formula is C20H19ClF3N3OS. The largest absolute Gasteiger partial charge is 0.416 e. The van der Waals surface area contributed by atoms with Crippen LogP contribution in [0.1, 0.15) is 24.0 Å². The van der Waals surface area contributed by atoms with E-state index in [1.54, 1.807) is 0 Å². The van der Waals surface area contributed by atoms with Crippen LogP contribution in [0.4, 0.5) is 18.0 Å². The molecule has 0 atom stereocenters. The summed E-state index contributed by atoms with van der Waals surface area (Å²) in [5, 5.41) is 2.56. The molecule has 1 amide bonds. The van der Waals surface area contributed by atoms with E-state index >= 15 is 0 Å². The highest BCUT2D eigenvalue weighted by Crippen LogP contribution is 2.35. The summed E-state index contributed by atoms with van der Waals surface area (Å²) in [7, 11) is 0. The van der Waals surface area contributed by atoms with Crippen LogP contribution < -0.4 is 5.32 Å². The number of halogens is 4. The maximum atomic E-state index is 13.3. The number of piperidine rings is 1. The van der Waals surface area contributed by atoms with Gasteiger partial charge in [-0.15, -0.1) is 6.42 Å². The van der Waals surface area contributed by atoms with Gasteiger partial charge < -0.3 is 5.32 Å². The first-order valence-corrected chi connectivity index (χ1v) is 10.2. The zero-order valence-corrected chi connectivity index (χ0v) is 17.0. The second-order valence-electron chi connectivity index (χ2n) is 6.83. The van der Waals surface area contributed by atoms with Crippen molar-refractivity contribution in [3.8, 4) is 12.3 Å². The highest BCUT2D eigenvalue weighted by molar-refractivity contribution is 8.18. The molecule has 1 N–H and O–H groups in total. The van der Waals surface area contributed by atoms with Gasteiger partial charge in [-0.2, -0.15) is 13.2 Å². The van der Waals surface area contributed by atoms with E-state index in [2.05, 4.69) is 16.2 Å². The van der Waals surface area contributed by atoms with E-state index in [0.29, 0.717) is 18.9 Å². The lowest BCUT2D eigenvalue weighted by Gasteiger charge is -2.31. The van der Waals surface area contributed by atoms with Gasteiger partial charge in [0.05, 0.1) is 10.5 Å². The average Bonchev–Trinajstić information content (AvgIpc) is 3.01. The van der Waals surface area contributed by atoms with Crippen molar-refractivity contribution in [2.24, 2.45) is 10.9 Å². The molecule has 0 bridgehead atoms. The second kappa shape index (κ2) is 9.24. The van der Waals surface area contributed by atoms with E-state index < -0.39 is 11.7 Å². The van der Waals surface area contributed by atoms with Crippen molar-refractivity contribution in [2.45, 2.75) is 25.6 Å². The van der Waals surface area contributed by atoms with E-state index in [-0.39, 0.29) is 34.8 Å². The number of amides is 1. The SMILES string of the molecule is C#CCN=C1NC(=O)S/C1=C\C1CCN(Cc2ccc(Cl)cc2C(F)(F)F)CC1. The highest BCUT2D eigenvalue weighted by atomic mass is 35.5. The van der Waals surface area contributed by atoms with E-state index in [1.165, 1.54) is 12.1 Å². The van der Waals surface area contributed by atoms with Gasteiger partial charge in [0.15, 0.2) is 0 Å². The summed E-state index contributed by atoms with van der Waals surface area (Å²) in [6.07, 6.45) is 4.37. The molecule has 0 radical (unpaired) electrons. The van der Waals surface area contributed by atoms with Gasteiger partial charge in [-0.1, -0.05) is 29.7 Å². The Kier molecular flexibility index (Phi) is 6.93. The van der Waals surface area contributed by atoms with Crippen LogP contribution in [0.25, 0.3) is 0 Å². The van der Waals surface area contributed by atoms with E-state index in [4.69, 9.17) is 18.0 Å². The molecule has 2 aliphatic heterocycles. The minimum Gasteiger partial charge on any atom is -0.300 e. The summed E-state index contributed by atoms with van der Waals surface area (Å²) < 4.78 is 39.9. The number of nitrogens with one attached hydrogen (secondary N) is 1. The molecule has 0 aliphatic carbocycles. The van der Waals surface area contributed by atoms with Crippen LogP contribution in [0.3, 0.4) is 0 Å². The molecule has 1 aromatic carbocycles. The standard InChI is InChI=1S/C20H19ClF3N3OS/c1-2-7-25-18-17(29-19(28)26-18)10-13-5-8-27(9-6-13)12-14-3-4-15(21)11-16(14)20(22,23)24/h1,3-4,10-11,13H,5-9,12H2,(H,25,26,28)/b17-10-. The quantitative estimate of drug-likeness (QED) is 0.673. The molecule has 0 aromatic heterocycles. The van der Waals surface area contributed by atoms with Crippen LogP contribution in [-0.4, -0.2) is 35.6 Å². The average molecular weight is 442 g/mol. The number of aliphatic imine (C=N–C) groups is 1. The maximum Gasteiger partial charge on any atom is 0.416 e. The number of carbonyl (C=O) groups excluding carboxylic acids is 1. The summed E-state index contributed by atoms with van der Waals surface area (Å²) in [6, 6.07) is 3.91. The number of nitrogens with zero attached hydrogens (tertiary/aromatic N) is 2. The number of likely N-dealkylation sites (tertiary alicyclic amines) is 1. The predicted molar refractivity (Wildman–Crippen MR) is 110 cm³/mol. The Labute approximate surface area is 176 Å². The lowest BCUT2D eigenvalue weighted by molar-refractivity contribution is -0.138. The Morgan fingerprint density at radius 2 is 2.10 bits per heavy atom. The van der Waals surface area contributed by atoms with Crippen molar-refractivity contribution in [1.29, 1.82) is 0 Å². The molecule has 4 nitrogen and oxygen atoms in total. The number of hydrogen-bond acceptors (Lipinski definition) is 4. The van der Waals surface area contributed by atoms with E-state index in [0.717, 1.165) is 35.6 Å². The predicted octanol–water partition coefficient (Wildman–Crippen LogP) is 4.94. The molecule has 0 saturated carbocycles. The van der Waals surface area contributed by atoms with Crippen LogP contribution in [0, 0.1) is 18.3 Å². The topological polar surface area (TPSA) is 44.7 Å². The van der Waals surface area contributed by atoms with Gasteiger partial charge in [-0.05, 0) is 61.3 Å². The number of rotatable bonds is 4. The van der Waals surface area contributed by atoms with Crippen LogP contribution in [0.5, 0.6) is 0 Å². The molecular weight excluding hydrogens is 423 g/mol. The fourth-order valence-electron chi connectivity index (χ4n) is 3.37. The monoisotopic (exact) mass is 441 g/mol. The Morgan fingerprint density at radius 3 is 2.76 bits per heavy atom. The summed E-state index contributed by atoms with van der Waals surface area (Å²) in [5.41, 5.74) is -0.459. The number of allylic oxidation sites excluding steroid dienone is 1. The Balaban J connectivity index is 1.63. The number of thioether (sulfide) groups is 1. The molecule has 0 unspecified atom stereocenters. The molecule has 2 heterocycles. The van der Waals surface area contributed by atoms with Crippen LogP contribution in [0.2, 0.25) is 5.02 Å². The van der Waals surface area contributed by atoms with Gasteiger partial charge in [0.1, 0.15) is 12.4 Å². The maximum absolute atomic E-state index is 13.3. The van der Waals surface area contributed by atoms with Gasteiger partial charge in [0.25, 0.3) is 5.24 Å². The minimum absolute atomic E-state index is 0.0749. The van der Waals surface area contributed by atoms with Gasteiger partial charge >= 0.3 is 6.18 Å². The van der Waals surface area contributed by atoms with Gasteiger partial charge in [0.2, 0.25) is 0 Å². The molecule has 1 aromatic rings. The number of hydrogen-bond donors (Lipinski definition) is 1. The van der Waals surface area contributed by atoms with Gasteiger partial charge in [-0.25, -0.2) is 0 Å². The molecule has 2 saturated heterocycles. The van der Waals surface area contributed by atoms with Crippen molar-refractivity contribution in [3.63, 3.8) is 0 Å². The molecule has 2 aliphatic rings. The zero-order chi connectivity index (χ0) is 21.0. The second-order valence-corrected chi connectivity index (χ2v) is 8.28. The smallest absolute Gasteiger partial charge is 0.300 e. The molecule has 2 fully saturated rings. The Bertz CT molecular complexity index is 884. The van der Waals surface area contributed by atoms with E-state index in [9.17, 15) is 18.0 Å². The van der Waals surface area contributed by atoms with E-state index in [1.807, 2.05) is 11.0 Å². The Hall–Kier alpha value is -1.95. The van der Waals surface area contributed by atoms with Crippen LogP contribution >= 0.6 is 23.4 Å². The highest BCUT2D eigenvalue weighted by Gasteiger charge is 2.34. The third-order valence-corrected chi connectivity index (χ3v) is 5.85. The lowest BCUT2D eigenvalue weighted by Crippen LogP contribution is -2.33. The lowest BCUT2D eigenvalue weighted by atomic mass is 9.95. The summed E-state index contributed by atoms with van der Waals surface area (Å²) in [5.74, 6) is 3.13. The third kappa shape index (κ3) is 5.78. The third-order valence-electron chi connectivity index (χ3n) is 4.78. The normalized spacial score (nSPS) is 21.6. The number of alkyl halides is 3. The molecule has 154 valence electrons. The molecule has 3 rings (SSSR count). The Morgan fingerprint density at radius 1 is 1.38 bits per heavy atom. The van der Waals surface area contributed by atoms with Crippen molar-refractivity contribution < 1.29 is 18.0 Å². The first-order valence-electron chi connectivity index (χ1n) is 9.03. The minimum atomic E-state index is -4.43. The van der Waals surface area contributed by atoms with Crippen LogP contribution in [-0.2, 0) is 12.7 Å². The summed E-state index contributed by atoms with van der Waals surface area (Å²) in [4.78, 5) is 18.6. The molecule has 0 spiro atoms. The van der Waals surface area contributed by atoms with Gasteiger partial charge in [0, 0.05) is 11.6 Å². The fourth-order valence-corrected chi connectivity index (χ4v) is 4.36. The van der Waals surface area contributed by atoms with Crippen molar-refractivity contribution >= 4 is 34.4 Å². The molecule has 9 heteroatoms. The van der Waals surface area contributed by atoms with Gasteiger partial charge in [-0.3, -0.25) is 14.7 Å². The summed E-state index contributed by atoms with van der Waals surface area (Å²) in [6.45, 7) is 1.74. The first kappa shape index (κ1) is 21.8. The fraction of sp³-hybridized carbons (Fsp3) is 0.400. The van der Waals surface area contributed by atoms with Crippen molar-refractivity contribution in [1.82, 2.24) is 10.2 Å². The van der Waals surface area contributed by atoms with Crippen molar-refractivity contribution in [2.75, 3.05) is 19.6 Å². The number of carbonyl (C=O) groups is 1. The van der Waals surface area contributed by atoms with Crippen LogP contribution in [0.15, 0.2) is 34.2 Å². The summed E-state index contributed by atoms with van der Waals surface area (Å²) >= 11 is 6.84. The number of terminal acetylenes is 1. The zero-order valence-electron chi connectivity index (χ0n) is 15.4.